The third kappa shape index (κ3) is 5.44. The van der Waals surface area contributed by atoms with E-state index < -0.39 is 5.54 Å². The number of nitrogens with two attached hydrogens (primary N) is 1. The highest BCUT2D eigenvalue weighted by Crippen LogP contribution is 2.29. The second-order valence-electron chi connectivity index (χ2n) is 7.67. The molecule has 8 nitrogen and oxygen atoms in total. The molecule has 0 bridgehead atoms. The summed E-state index contributed by atoms with van der Waals surface area (Å²) in [6, 6.07) is 8.88. The first-order valence-corrected chi connectivity index (χ1v) is 10.4. The van der Waals surface area contributed by atoms with E-state index in [2.05, 4.69) is 25.2 Å². The smallest absolute Gasteiger partial charge is 0.240 e. The molecular formula is C21H27Cl3N6O2. The second-order valence-corrected chi connectivity index (χ2v) is 8.11. The summed E-state index contributed by atoms with van der Waals surface area (Å²) in [6.45, 7) is 1.19. The highest BCUT2D eigenvalue weighted by atomic mass is 35.5. The van der Waals surface area contributed by atoms with E-state index in [0.29, 0.717) is 37.4 Å². The van der Waals surface area contributed by atoms with Gasteiger partial charge in [0.05, 0.1) is 17.0 Å². The lowest BCUT2D eigenvalue weighted by atomic mass is 9.87. The van der Waals surface area contributed by atoms with Crippen LogP contribution in [-0.4, -0.2) is 51.2 Å². The fraction of sp³-hybridized carbons (Fsp3) is 0.381. The van der Waals surface area contributed by atoms with Crippen LogP contribution in [0.3, 0.4) is 0 Å². The summed E-state index contributed by atoms with van der Waals surface area (Å²) in [7, 11) is 0. The molecule has 1 saturated heterocycles. The molecule has 1 fully saturated rings. The lowest BCUT2D eigenvalue weighted by Gasteiger charge is -2.39. The summed E-state index contributed by atoms with van der Waals surface area (Å²) in [6.07, 6.45) is 4.78. The second kappa shape index (κ2) is 11.2. The average Bonchev–Trinajstić information content (AvgIpc) is 3.24. The van der Waals surface area contributed by atoms with Gasteiger partial charge in [0.15, 0.2) is 0 Å². The number of H-pyrrole nitrogens is 1. The van der Waals surface area contributed by atoms with Crippen LogP contribution in [0.5, 0.6) is 0 Å². The predicted molar refractivity (Wildman–Crippen MR) is 131 cm³/mol. The van der Waals surface area contributed by atoms with Crippen molar-refractivity contribution in [3.05, 3.63) is 53.4 Å². The number of aromatic amines is 1. The maximum atomic E-state index is 13.1. The maximum absolute atomic E-state index is 13.1. The molecule has 0 radical (unpaired) electrons. The van der Waals surface area contributed by atoms with Crippen molar-refractivity contribution in [1.29, 1.82) is 0 Å². The van der Waals surface area contributed by atoms with E-state index in [9.17, 15) is 9.90 Å². The minimum absolute atomic E-state index is 0. The molecule has 1 amide bonds. The lowest BCUT2D eigenvalue weighted by Crippen LogP contribution is -2.60. The fourth-order valence-corrected chi connectivity index (χ4v) is 4.03. The van der Waals surface area contributed by atoms with E-state index in [4.69, 9.17) is 17.3 Å². The molecule has 2 aromatic heterocycles. The zero-order chi connectivity index (χ0) is 21.1. The van der Waals surface area contributed by atoms with Gasteiger partial charge in [0.2, 0.25) is 5.91 Å². The molecule has 174 valence electrons. The number of nitrogens with one attached hydrogen (secondary N) is 2. The zero-order valence-corrected chi connectivity index (χ0v) is 19.7. The molecule has 0 spiro atoms. The van der Waals surface area contributed by atoms with Crippen molar-refractivity contribution in [3.8, 4) is 0 Å². The van der Waals surface area contributed by atoms with Crippen LogP contribution in [0.25, 0.3) is 11.0 Å². The van der Waals surface area contributed by atoms with Crippen molar-refractivity contribution >= 4 is 59.2 Å². The van der Waals surface area contributed by atoms with Crippen LogP contribution in [0.2, 0.25) is 5.02 Å². The summed E-state index contributed by atoms with van der Waals surface area (Å²) < 4.78 is 0. The fourth-order valence-electron chi connectivity index (χ4n) is 3.90. The van der Waals surface area contributed by atoms with Crippen LogP contribution in [-0.2, 0) is 4.79 Å². The number of carbonyl (C=O) groups is 1. The molecule has 1 aromatic carbocycles. The van der Waals surface area contributed by atoms with Crippen LogP contribution in [0.4, 0.5) is 5.82 Å². The summed E-state index contributed by atoms with van der Waals surface area (Å²) >= 11 is 5.96. The Bertz CT molecular complexity index is 1020. The first-order valence-electron chi connectivity index (χ1n) is 9.99. The number of hydrogen-bond donors (Lipinski definition) is 4. The third-order valence-electron chi connectivity index (χ3n) is 5.74. The molecule has 4 rings (SSSR count). The number of carbonyl (C=O) groups excluding carboxylic acids is 1. The number of fused-ring (bicyclic) bond motifs is 1. The van der Waals surface area contributed by atoms with Gasteiger partial charge in [-0.1, -0.05) is 23.7 Å². The van der Waals surface area contributed by atoms with Crippen molar-refractivity contribution in [2.45, 2.75) is 30.8 Å². The maximum Gasteiger partial charge on any atom is 0.240 e. The molecule has 1 aliphatic heterocycles. The average molecular weight is 502 g/mol. The first kappa shape index (κ1) is 26.2. The Morgan fingerprint density at radius 1 is 1.22 bits per heavy atom. The molecular weight excluding hydrogens is 475 g/mol. The Kier molecular flexibility index (Phi) is 9.12. The Labute approximate surface area is 203 Å². The number of nitrogens with zero attached hydrogens (tertiary/aromatic N) is 3. The lowest BCUT2D eigenvalue weighted by molar-refractivity contribution is -0.128. The molecule has 0 unspecified atom stereocenters. The normalized spacial score (nSPS) is 16.0. The van der Waals surface area contributed by atoms with Crippen molar-refractivity contribution in [2.75, 3.05) is 24.6 Å². The molecule has 1 atom stereocenters. The minimum Gasteiger partial charge on any atom is -0.396 e. The van der Waals surface area contributed by atoms with Gasteiger partial charge in [-0.2, -0.15) is 0 Å². The van der Waals surface area contributed by atoms with Gasteiger partial charge in [-0.3, -0.25) is 4.79 Å². The molecule has 5 N–H and O–H groups in total. The zero-order valence-electron chi connectivity index (χ0n) is 17.3. The number of rotatable bonds is 6. The van der Waals surface area contributed by atoms with Crippen LogP contribution in [0.15, 0.2) is 42.9 Å². The number of aliphatic hydroxyl groups excluding tert-OH is 1. The number of aliphatic hydroxyl groups is 1. The van der Waals surface area contributed by atoms with Gasteiger partial charge >= 0.3 is 0 Å². The van der Waals surface area contributed by atoms with Gasteiger partial charge in [-0.05, 0) is 43.0 Å². The van der Waals surface area contributed by atoms with Crippen molar-refractivity contribution < 1.29 is 9.90 Å². The first-order chi connectivity index (χ1) is 14.5. The van der Waals surface area contributed by atoms with E-state index in [1.807, 2.05) is 24.4 Å². The van der Waals surface area contributed by atoms with E-state index in [0.717, 1.165) is 22.4 Å². The van der Waals surface area contributed by atoms with Gasteiger partial charge in [0, 0.05) is 30.9 Å². The largest absolute Gasteiger partial charge is 0.396 e. The van der Waals surface area contributed by atoms with E-state index in [1.54, 1.807) is 12.1 Å². The highest BCUT2D eigenvalue weighted by molar-refractivity contribution is 6.30. The quantitative estimate of drug-likeness (QED) is 0.412. The number of amides is 1. The standard InChI is InChI=1S/C21H25ClN6O2.2ClH/c22-15-3-1-14(2-4-15)17(6-12-29)27-20(30)21(23)7-10-28(11-8-21)19-16-5-9-24-18(16)25-13-26-19;;/h1-5,9,13,17,29H,6-8,10-12,23H2,(H,27,30)(H,24,25,26);2*1H/t17-;;/m0../s1. The van der Waals surface area contributed by atoms with Crippen LogP contribution in [0.1, 0.15) is 30.9 Å². The SMILES string of the molecule is Cl.Cl.NC1(C(=O)N[C@@H](CCO)c2ccc(Cl)cc2)CCN(c2ncnc3[nH]ccc23)CC1. The van der Waals surface area contributed by atoms with Crippen LogP contribution < -0.4 is 16.0 Å². The van der Waals surface area contributed by atoms with Crippen molar-refractivity contribution in [2.24, 2.45) is 5.73 Å². The van der Waals surface area contributed by atoms with Gasteiger partial charge in [-0.15, -0.1) is 24.8 Å². The summed E-state index contributed by atoms with van der Waals surface area (Å²) in [5, 5.41) is 14.0. The molecule has 1 aliphatic rings. The van der Waals surface area contributed by atoms with Crippen LogP contribution >= 0.6 is 36.4 Å². The Balaban J connectivity index is 0.00000181. The van der Waals surface area contributed by atoms with Crippen LogP contribution in [0, 0.1) is 0 Å². The molecule has 32 heavy (non-hydrogen) atoms. The van der Waals surface area contributed by atoms with E-state index in [1.165, 1.54) is 6.33 Å². The number of aromatic nitrogens is 3. The number of halogens is 3. The predicted octanol–water partition coefficient (Wildman–Crippen LogP) is 2.99. The highest BCUT2D eigenvalue weighted by Gasteiger charge is 2.39. The summed E-state index contributed by atoms with van der Waals surface area (Å²) in [4.78, 5) is 27.0. The number of benzene rings is 1. The van der Waals surface area contributed by atoms with Gasteiger partial charge in [-0.25, -0.2) is 9.97 Å². The molecule has 0 aliphatic carbocycles. The van der Waals surface area contributed by atoms with Crippen molar-refractivity contribution in [1.82, 2.24) is 20.3 Å². The van der Waals surface area contributed by atoms with E-state index >= 15 is 0 Å². The number of piperidine rings is 1. The number of anilines is 1. The molecule has 3 heterocycles. The third-order valence-corrected chi connectivity index (χ3v) is 5.99. The van der Waals surface area contributed by atoms with Crippen molar-refractivity contribution in [3.63, 3.8) is 0 Å². The Morgan fingerprint density at radius 2 is 1.91 bits per heavy atom. The monoisotopic (exact) mass is 500 g/mol. The van der Waals surface area contributed by atoms with Gasteiger partial charge in [0.25, 0.3) is 0 Å². The minimum atomic E-state index is -0.971. The molecule has 0 saturated carbocycles. The van der Waals surface area contributed by atoms with E-state index in [-0.39, 0.29) is 43.4 Å². The topological polar surface area (TPSA) is 120 Å². The molecule has 3 aromatic rings. The Hall–Kier alpha value is -2.10. The Morgan fingerprint density at radius 3 is 2.56 bits per heavy atom. The van der Waals surface area contributed by atoms with Gasteiger partial charge in [0.1, 0.15) is 17.8 Å². The number of hydrogen-bond acceptors (Lipinski definition) is 6. The summed E-state index contributed by atoms with van der Waals surface area (Å²) in [5.74, 6) is 0.646. The van der Waals surface area contributed by atoms with Gasteiger partial charge < -0.3 is 26.0 Å². The molecule has 11 heteroatoms. The summed E-state index contributed by atoms with van der Waals surface area (Å²) in [5.41, 5.74) is 7.23.